The van der Waals surface area contributed by atoms with Crippen molar-refractivity contribution in [2.45, 2.75) is 45.6 Å². The molecule has 1 atom stereocenters. The minimum Gasteiger partial charge on any atom is -0.381 e. The van der Waals surface area contributed by atoms with E-state index < -0.39 is 0 Å². The number of allylic oxidation sites excluding steroid dienone is 1. The molecule has 0 spiro atoms. The van der Waals surface area contributed by atoms with Crippen LogP contribution in [-0.2, 0) is 6.42 Å². The molecule has 158 valence electrons. The molecule has 3 nitrogen and oxygen atoms in total. The molecule has 2 aliphatic carbocycles. The van der Waals surface area contributed by atoms with Crippen molar-refractivity contribution in [3.8, 4) is 11.3 Å². The molecule has 0 amide bonds. The van der Waals surface area contributed by atoms with Gasteiger partial charge in [0.15, 0.2) is 0 Å². The zero-order valence-electron chi connectivity index (χ0n) is 18.7. The molecule has 4 aromatic rings. The summed E-state index contributed by atoms with van der Waals surface area (Å²) >= 11 is 0. The van der Waals surface area contributed by atoms with Gasteiger partial charge in [0.05, 0.1) is 11.2 Å². The van der Waals surface area contributed by atoms with E-state index in [2.05, 4.69) is 78.7 Å². The second-order valence-corrected chi connectivity index (χ2v) is 9.28. The van der Waals surface area contributed by atoms with Crippen LogP contribution in [0.2, 0.25) is 0 Å². The summed E-state index contributed by atoms with van der Waals surface area (Å²) in [4.78, 5) is 9.43. The molecule has 0 aliphatic heterocycles. The van der Waals surface area contributed by atoms with Crippen LogP contribution in [-0.4, -0.2) is 16.0 Å². The lowest BCUT2D eigenvalue weighted by molar-refractivity contribution is 0.635. The van der Waals surface area contributed by atoms with Crippen molar-refractivity contribution < 1.29 is 0 Å². The molecule has 1 unspecified atom stereocenters. The fourth-order valence-electron chi connectivity index (χ4n) is 5.38. The van der Waals surface area contributed by atoms with Crippen molar-refractivity contribution in [1.29, 1.82) is 0 Å². The Hall–Kier alpha value is -3.46. The third-order valence-corrected chi connectivity index (χ3v) is 6.99. The van der Waals surface area contributed by atoms with Crippen molar-refractivity contribution in [1.82, 2.24) is 9.97 Å². The van der Waals surface area contributed by atoms with Crippen LogP contribution in [0.4, 0.5) is 5.69 Å². The Morgan fingerprint density at radius 3 is 2.78 bits per heavy atom. The summed E-state index contributed by atoms with van der Waals surface area (Å²) in [5.41, 5.74) is 12.8. The second-order valence-electron chi connectivity index (χ2n) is 9.28. The number of nitrogens with one attached hydrogen (secondary N) is 1. The lowest BCUT2D eigenvalue weighted by atomic mass is 9.88. The monoisotopic (exact) mass is 417 g/mol. The highest BCUT2D eigenvalue weighted by atomic mass is 14.9. The van der Waals surface area contributed by atoms with Gasteiger partial charge in [-0.2, -0.15) is 0 Å². The molecular formula is C29H27N3. The first-order valence-corrected chi connectivity index (χ1v) is 11.5. The number of fused-ring (bicyclic) bond motifs is 3. The average Bonchev–Trinajstić information content (AvgIpc) is 3.18. The van der Waals surface area contributed by atoms with Crippen LogP contribution in [0.1, 0.15) is 41.5 Å². The highest BCUT2D eigenvalue weighted by molar-refractivity contribution is 5.95. The summed E-state index contributed by atoms with van der Waals surface area (Å²) in [6.07, 6.45) is 8.38. The van der Waals surface area contributed by atoms with E-state index in [1.54, 1.807) is 11.1 Å². The quantitative estimate of drug-likeness (QED) is 0.394. The second kappa shape index (κ2) is 7.59. The maximum absolute atomic E-state index is 5.03. The van der Waals surface area contributed by atoms with E-state index in [0.29, 0.717) is 6.04 Å². The maximum atomic E-state index is 5.03. The van der Waals surface area contributed by atoms with Gasteiger partial charge >= 0.3 is 0 Å². The molecule has 0 radical (unpaired) electrons. The fraction of sp³-hybridized carbons (Fsp3) is 0.241. The Labute approximate surface area is 189 Å². The van der Waals surface area contributed by atoms with Crippen LogP contribution >= 0.6 is 0 Å². The SMILES string of the molecule is Cc1cncc(-c2cc(NC3CCC4=C(C3)c3ccccc3C4)c3cccc(C)c3n2)c1. The van der Waals surface area contributed by atoms with Crippen LogP contribution < -0.4 is 5.32 Å². The Balaban J connectivity index is 1.38. The average molecular weight is 418 g/mol. The van der Waals surface area contributed by atoms with Gasteiger partial charge in [-0.25, -0.2) is 4.98 Å². The van der Waals surface area contributed by atoms with Crippen LogP contribution in [0.5, 0.6) is 0 Å². The van der Waals surface area contributed by atoms with Crippen molar-refractivity contribution in [2.75, 3.05) is 5.32 Å². The molecule has 0 fully saturated rings. The van der Waals surface area contributed by atoms with E-state index >= 15 is 0 Å². The van der Waals surface area contributed by atoms with Crippen LogP contribution in [0.3, 0.4) is 0 Å². The summed E-state index contributed by atoms with van der Waals surface area (Å²) in [5.74, 6) is 0. The minimum atomic E-state index is 0.425. The molecule has 2 aliphatic rings. The summed E-state index contributed by atoms with van der Waals surface area (Å²) in [7, 11) is 0. The van der Waals surface area contributed by atoms with Crippen molar-refractivity contribution in [2.24, 2.45) is 0 Å². The Kier molecular flexibility index (Phi) is 4.57. The fourth-order valence-corrected chi connectivity index (χ4v) is 5.38. The lowest BCUT2D eigenvalue weighted by Crippen LogP contribution is -2.23. The standard InChI is InChI=1S/C29H27N3/c1-18-12-22(17-30-16-18)27-15-28(25-9-5-6-19(2)29(25)32-27)31-23-11-10-21-13-20-7-3-4-8-24(20)26(21)14-23/h3-9,12,15-17,23H,10-11,13-14H2,1-2H3,(H,31,32). The summed E-state index contributed by atoms with van der Waals surface area (Å²) in [5, 5.41) is 5.12. The molecular weight excluding hydrogens is 390 g/mol. The van der Waals surface area contributed by atoms with Crippen molar-refractivity contribution >= 4 is 22.2 Å². The molecule has 3 heteroatoms. The number of hydrogen-bond acceptors (Lipinski definition) is 3. The summed E-state index contributed by atoms with van der Waals surface area (Å²) in [6.45, 7) is 4.22. The molecule has 1 N–H and O–H groups in total. The van der Waals surface area contributed by atoms with Gasteiger partial charge in [-0.15, -0.1) is 0 Å². The van der Waals surface area contributed by atoms with Gasteiger partial charge in [0.1, 0.15) is 0 Å². The van der Waals surface area contributed by atoms with Gasteiger partial charge in [0, 0.05) is 35.1 Å². The number of anilines is 1. The molecule has 32 heavy (non-hydrogen) atoms. The first-order chi connectivity index (χ1) is 15.7. The van der Waals surface area contributed by atoms with Gasteiger partial charge in [-0.1, -0.05) is 48.0 Å². The van der Waals surface area contributed by atoms with Crippen LogP contribution in [0, 0.1) is 13.8 Å². The van der Waals surface area contributed by atoms with Gasteiger partial charge in [0.25, 0.3) is 0 Å². The first-order valence-electron chi connectivity index (χ1n) is 11.5. The van der Waals surface area contributed by atoms with Crippen LogP contribution in [0.25, 0.3) is 27.7 Å². The normalized spacial score (nSPS) is 17.4. The molecule has 2 aromatic carbocycles. The van der Waals surface area contributed by atoms with E-state index in [1.165, 1.54) is 40.6 Å². The van der Waals surface area contributed by atoms with Gasteiger partial charge < -0.3 is 5.32 Å². The zero-order valence-corrected chi connectivity index (χ0v) is 18.7. The Bertz CT molecular complexity index is 1380. The maximum Gasteiger partial charge on any atom is 0.0759 e. The highest BCUT2D eigenvalue weighted by Gasteiger charge is 2.28. The molecule has 0 bridgehead atoms. The number of benzene rings is 2. The van der Waals surface area contributed by atoms with Crippen molar-refractivity contribution in [3.05, 3.63) is 94.8 Å². The number of nitrogens with zero attached hydrogens (tertiary/aromatic N) is 2. The molecule has 2 heterocycles. The van der Waals surface area contributed by atoms with Crippen LogP contribution in [0.15, 0.2) is 72.6 Å². The number of aromatic nitrogens is 2. The highest BCUT2D eigenvalue weighted by Crippen LogP contribution is 2.42. The smallest absolute Gasteiger partial charge is 0.0759 e. The third-order valence-electron chi connectivity index (χ3n) is 6.99. The first kappa shape index (κ1) is 19.2. The lowest BCUT2D eigenvalue weighted by Gasteiger charge is -2.27. The molecule has 6 rings (SSSR count). The Morgan fingerprint density at radius 1 is 0.969 bits per heavy atom. The van der Waals surface area contributed by atoms with Crippen molar-refractivity contribution in [3.63, 3.8) is 0 Å². The van der Waals surface area contributed by atoms with E-state index in [9.17, 15) is 0 Å². The third kappa shape index (κ3) is 3.29. The number of para-hydroxylation sites is 1. The number of hydrogen-bond donors (Lipinski definition) is 1. The number of aryl methyl sites for hydroxylation is 2. The summed E-state index contributed by atoms with van der Waals surface area (Å²) in [6, 6.07) is 20.2. The minimum absolute atomic E-state index is 0.425. The van der Waals surface area contributed by atoms with E-state index in [0.717, 1.165) is 35.2 Å². The van der Waals surface area contributed by atoms with E-state index in [-0.39, 0.29) is 0 Å². The van der Waals surface area contributed by atoms with Gasteiger partial charge in [-0.3, -0.25) is 4.98 Å². The largest absolute Gasteiger partial charge is 0.381 e. The predicted molar refractivity (Wildman–Crippen MR) is 133 cm³/mol. The van der Waals surface area contributed by atoms with E-state index in [4.69, 9.17) is 4.98 Å². The Morgan fingerprint density at radius 2 is 1.88 bits per heavy atom. The van der Waals surface area contributed by atoms with Gasteiger partial charge in [-0.05, 0) is 79.5 Å². The molecule has 0 saturated carbocycles. The predicted octanol–water partition coefficient (Wildman–Crippen LogP) is 6.89. The van der Waals surface area contributed by atoms with E-state index in [1.807, 2.05) is 12.4 Å². The summed E-state index contributed by atoms with van der Waals surface area (Å²) < 4.78 is 0. The topological polar surface area (TPSA) is 37.8 Å². The molecule has 2 aromatic heterocycles. The van der Waals surface area contributed by atoms with Gasteiger partial charge in [0.2, 0.25) is 0 Å². The number of rotatable bonds is 3. The molecule has 0 saturated heterocycles. The zero-order chi connectivity index (χ0) is 21.7. The number of pyridine rings is 2.